The molecule has 1 aromatic heterocycles. The molecule has 10 nitrogen and oxygen atoms in total. The van der Waals surface area contributed by atoms with Gasteiger partial charge in [0, 0.05) is 17.2 Å². The minimum Gasteiger partial charge on any atom is -0.480 e. The molecule has 1 aliphatic rings. The molecule has 0 radical (unpaired) electrons. The molecule has 3 rings (SSSR count). The second kappa shape index (κ2) is 9.47. The summed E-state index contributed by atoms with van der Waals surface area (Å²) in [5.74, 6) is -4.15. The van der Waals surface area contributed by atoms with Gasteiger partial charge < -0.3 is 25.0 Å². The molecule has 34 heavy (non-hydrogen) atoms. The van der Waals surface area contributed by atoms with Crippen molar-refractivity contribution in [2.45, 2.75) is 49.9 Å². The number of aliphatic carboxylic acids is 2. The Labute approximate surface area is 208 Å². The van der Waals surface area contributed by atoms with Crippen molar-refractivity contribution in [3.8, 4) is 11.3 Å². The summed E-state index contributed by atoms with van der Waals surface area (Å²) in [7, 11) is 0. The Morgan fingerprint density at radius 2 is 1.79 bits per heavy atom. The predicted octanol–water partition coefficient (Wildman–Crippen LogP) is 3.29. The molecular formula is C21H21Cl2N3O7S. The first-order valence-corrected chi connectivity index (χ1v) is 11.5. The van der Waals surface area contributed by atoms with Gasteiger partial charge in [-0.3, -0.25) is 9.59 Å². The number of carboxylic acids is 2. The summed E-state index contributed by atoms with van der Waals surface area (Å²) < 4.78 is 4.14. The van der Waals surface area contributed by atoms with Crippen LogP contribution in [0.2, 0.25) is 10.0 Å². The van der Waals surface area contributed by atoms with Crippen molar-refractivity contribution >= 4 is 58.7 Å². The molecule has 1 aromatic carbocycles. The van der Waals surface area contributed by atoms with Crippen molar-refractivity contribution in [1.82, 2.24) is 15.4 Å². The van der Waals surface area contributed by atoms with Gasteiger partial charge in [-0.05, 0) is 32.9 Å². The van der Waals surface area contributed by atoms with E-state index in [1.807, 2.05) is 0 Å². The molecule has 0 aliphatic carbocycles. The van der Waals surface area contributed by atoms with Crippen molar-refractivity contribution in [1.29, 1.82) is 0 Å². The van der Waals surface area contributed by atoms with Crippen LogP contribution >= 0.6 is 35.0 Å². The third-order valence-corrected chi connectivity index (χ3v) is 7.56. The third-order valence-electron chi connectivity index (χ3n) is 5.36. The van der Waals surface area contributed by atoms with Gasteiger partial charge in [-0.25, -0.2) is 9.59 Å². The molecular weight excluding hydrogens is 509 g/mol. The summed E-state index contributed by atoms with van der Waals surface area (Å²) in [6, 6.07) is 1.75. The smallest absolute Gasteiger partial charge is 0.329 e. The number of carboxylic acid groups (broad SMARTS) is 2. The summed E-state index contributed by atoms with van der Waals surface area (Å²) in [5.41, 5.74) is 0.154. The maximum atomic E-state index is 13.3. The molecule has 1 saturated heterocycles. The average molecular weight is 530 g/mol. The minimum atomic E-state index is -1.64. The van der Waals surface area contributed by atoms with Gasteiger partial charge in [0.05, 0.1) is 10.0 Å². The topological polar surface area (TPSA) is 150 Å². The van der Waals surface area contributed by atoms with E-state index in [4.69, 9.17) is 27.7 Å². The van der Waals surface area contributed by atoms with E-state index in [0.717, 1.165) is 23.6 Å². The SMILES string of the molecule is CC(=O)N1C(C(NC(=O)c2c(-c3c(Cl)cccc3Cl)noc2C)C(=O)O)SC(C)(C)[C@@H]1C(=O)O. The highest BCUT2D eigenvalue weighted by atomic mass is 35.5. The van der Waals surface area contributed by atoms with E-state index in [9.17, 15) is 29.4 Å². The Kier molecular flexibility index (Phi) is 7.20. The number of hydrogen-bond acceptors (Lipinski definition) is 7. The van der Waals surface area contributed by atoms with Crippen LogP contribution < -0.4 is 5.32 Å². The Balaban J connectivity index is 2.02. The number of halogens is 2. The number of amides is 2. The second-order valence-electron chi connectivity index (χ2n) is 8.13. The van der Waals surface area contributed by atoms with Crippen molar-refractivity contribution in [2.24, 2.45) is 0 Å². The molecule has 3 atom stereocenters. The van der Waals surface area contributed by atoms with Crippen LogP contribution in [-0.4, -0.2) is 66.2 Å². The van der Waals surface area contributed by atoms with Gasteiger partial charge in [-0.15, -0.1) is 11.8 Å². The zero-order chi connectivity index (χ0) is 25.5. The fourth-order valence-electron chi connectivity index (χ4n) is 3.92. The Morgan fingerprint density at radius 1 is 1.21 bits per heavy atom. The van der Waals surface area contributed by atoms with Gasteiger partial charge in [0.25, 0.3) is 5.91 Å². The molecule has 182 valence electrons. The van der Waals surface area contributed by atoms with Crippen LogP contribution in [0.3, 0.4) is 0 Å². The third kappa shape index (κ3) is 4.59. The van der Waals surface area contributed by atoms with Crippen LogP contribution in [0.25, 0.3) is 11.3 Å². The van der Waals surface area contributed by atoms with Gasteiger partial charge in [0.15, 0.2) is 6.04 Å². The summed E-state index contributed by atoms with van der Waals surface area (Å²) >= 11 is 13.5. The van der Waals surface area contributed by atoms with Crippen LogP contribution in [0.1, 0.15) is 36.9 Å². The van der Waals surface area contributed by atoms with E-state index in [-0.39, 0.29) is 32.6 Å². The van der Waals surface area contributed by atoms with Crippen LogP contribution in [-0.2, 0) is 14.4 Å². The molecule has 0 bridgehead atoms. The van der Waals surface area contributed by atoms with Crippen LogP contribution in [0.15, 0.2) is 22.7 Å². The predicted molar refractivity (Wildman–Crippen MR) is 125 cm³/mol. The zero-order valence-corrected chi connectivity index (χ0v) is 20.8. The Morgan fingerprint density at radius 3 is 2.29 bits per heavy atom. The molecule has 1 aliphatic heterocycles. The highest BCUT2D eigenvalue weighted by molar-refractivity contribution is 8.01. The maximum Gasteiger partial charge on any atom is 0.329 e. The van der Waals surface area contributed by atoms with Crippen molar-refractivity contribution < 1.29 is 33.9 Å². The van der Waals surface area contributed by atoms with Gasteiger partial charge in [0.2, 0.25) is 5.91 Å². The van der Waals surface area contributed by atoms with E-state index < -0.39 is 46.0 Å². The first kappa shape index (κ1) is 25.9. The van der Waals surface area contributed by atoms with Gasteiger partial charge in [-0.2, -0.15) is 0 Å². The first-order chi connectivity index (χ1) is 15.8. The molecule has 3 N–H and O–H groups in total. The number of benzene rings is 1. The fraction of sp³-hybridized carbons (Fsp3) is 0.381. The van der Waals surface area contributed by atoms with Crippen LogP contribution in [0.5, 0.6) is 0 Å². The number of hydrogen-bond donors (Lipinski definition) is 3. The number of aromatic nitrogens is 1. The summed E-state index contributed by atoms with van der Waals surface area (Å²) in [6.45, 7) is 5.79. The number of rotatable bonds is 6. The molecule has 0 saturated carbocycles. The van der Waals surface area contributed by atoms with E-state index in [2.05, 4.69) is 10.5 Å². The summed E-state index contributed by atoms with van der Waals surface area (Å²) in [6.07, 6.45) is 0. The highest BCUT2D eigenvalue weighted by Crippen LogP contribution is 2.46. The zero-order valence-electron chi connectivity index (χ0n) is 18.5. The second-order valence-corrected chi connectivity index (χ2v) is 10.7. The van der Waals surface area contributed by atoms with Crippen molar-refractivity contribution in [2.75, 3.05) is 0 Å². The normalized spacial score (nSPS) is 20.1. The molecule has 2 aromatic rings. The Bertz CT molecular complexity index is 1160. The lowest BCUT2D eigenvalue weighted by Gasteiger charge is -2.31. The minimum absolute atomic E-state index is 0.0148. The first-order valence-electron chi connectivity index (χ1n) is 9.91. The van der Waals surface area contributed by atoms with E-state index in [0.29, 0.717) is 0 Å². The van der Waals surface area contributed by atoms with Gasteiger partial charge in [-0.1, -0.05) is 34.4 Å². The molecule has 2 unspecified atom stereocenters. The monoisotopic (exact) mass is 529 g/mol. The maximum absolute atomic E-state index is 13.3. The highest BCUT2D eigenvalue weighted by Gasteiger charge is 2.56. The molecule has 0 spiro atoms. The molecule has 13 heteroatoms. The lowest BCUT2D eigenvalue weighted by Crippen LogP contribution is -2.57. The van der Waals surface area contributed by atoms with Gasteiger partial charge >= 0.3 is 11.9 Å². The molecule has 1 fully saturated rings. The number of nitrogens with one attached hydrogen (secondary N) is 1. The quantitative estimate of drug-likeness (QED) is 0.511. The van der Waals surface area contributed by atoms with Crippen LogP contribution in [0, 0.1) is 6.92 Å². The molecule has 2 heterocycles. The average Bonchev–Trinajstić information content (AvgIpc) is 3.22. The summed E-state index contributed by atoms with van der Waals surface area (Å²) in [4.78, 5) is 50.7. The number of aryl methyl sites for hydroxylation is 1. The van der Waals surface area contributed by atoms with Crippen molar-refractivity contribution in [3.63, 3.8) is 0 Å². The molecule has 2 amide bonds. The Hall–Kier alpha value is -2.76. The van der Waals surface area contributed by atoms with E-state index >= 15 is 0 Å². The van der Waals surface area contributed by atoms with Gasteiger partial charge in [0.1, 0.15) is 28.4 Å². The number of thioether (sulfide) groups is 1. The van der Waals surface area contributed by atoms with Crippen LogP contribution in [0.4, 0.5) is 0 Å². The summed E-state index contributed by atoms with van der Waals surface area (Å²) in [5, 5.41) is 25.1. The number of nitrogens with zero attached hydrogens (tertiary/aromatic N) is 2. The lowest BCUT2D eigenvalue weighted by atomic mass is 10.0. The fourth-order valence-corrected chi connectivity index (χ4v) is 6.17. The van der Waals surface area contributed by atoms with Crippen molar-refractivity contribution in [3.05, 3.63) is 39.6 Å². The number of carbonyl (C=O) groups excluding carboxylic acids is 2. The van der Waals surface area contributed by atoms with E-state index in [1.165, 1.54) is 6.92 Å². The number of carbonyl (C=O) groups is 4. The lowest BCUT2D eigenvalue weighted by molar-refractivity contribution is -0.152. The standard InChI is InChI=1S/C21H21Cl2N3O7S/c1-8-12(14(25-33-8)13-10(22)6-5-7-11(13)23)17(28)24-15(19(29)30)18-26(9(2)27)16(20(31)32)21(3,4)34-18/h5-7,15-16,18H,1-4H3,(H,24,28)(H,29,30)(H,31,32)/t15?,16-,18?/m0/s1. The van der Waals surface area contributed by atoms with E-state index in [1.54, 1.807) is 32.0 Å². The largest absolute Gasteiger partial charge is 0.480 e.